The molecular weight excluding hydrogens is 383 g/mol. The summed E-state index contributed by atoms with van der Waals surface area (Å²) in [6.45, 7) is 1.90. The molecule has 0 saturated carbocycles. The van der Waals surface area contributed by atoms with Gasteiger partial charge in [0.25, 0.3) is 5.91 Å². The molecule has 4 rings (SSSR count). The first-order valence-electron chi connectivity index (χ1n) is 8.91. The van der Waals surface area contributed by atoms with Crippen LogP contribution in [0.3, 0.4) is 0 Å². The van der Waals surface area contributed by atoms with Crippen LogP contribution in [0.2, 0.25) is 5.02 Å². The van der Waals surface area contributed by atoms with Gasteiger partial charge in [-0.1, -0.05) is 11.6 Å². The van der Waals surface area contributed by atoms with E-state index in [1.165, 1.54) is 18.2 Å². The van der Waals surface area contributed by atoms with Crippen molar-refractivity contribution in [2.75, 3.05) is 6.54 Å². The Morgan fingerprint density at radius 2 is 2.14 bits per heavy atom. The zero-order chi connectivity index (χ0) is 19.9. The van der Waals surface area contributed by atoms with Crippen LogP contribution < -0.4 is 5.32 Å². The molecule has 7 heteroatoms. The number of esters is 1. The molecule has 1 aromatic heterocycles. The van der Waals surface area contributed by atoms with Gasteiger partial charge in [0.1, 0.15) is 5.82 Å². The fourth-order valence-electron chi connectivity index (χ4n) is 3.55. The summed E-state index contributed by atoms with van der Waals surface area (Å²) in [6, 6.07) is 9.45. The van der Waals surface area contributed by atoms with E-state index < -0.39 is 23.3 Å². The van der Waals surface area contributed by atoms with Crippen LogP contribution in [0.5, 0.6) is 0 Å². The van der Waals surface area contributed by atoms with Crippen LogP contribution in [0.1, 0.15) is 28.4 Å². The molecule has 5 nitrogen and oxygen atoms in total. The van der Waals surface area contributed by atoms with Gasteiger partial charge in [-0.2, -0.15) is 0 Å². The minimum atomic E-state index is -1.37. The summed E-state index contributed by atoms with van der Waals surface area (Å²) in [5.41, 5.74) is 1.39. The number of carbonyl (C=O) groups excluding carboxylic acids is 2. The second-order valence-electron chi connectivity index (χ2n) is 7.11. The minimum absolute atomic E-state index is 0.125. The predicted molar refractivity (Wildman–Crippen MR) is 104 cm³/mol. The summed E-state index contributed by atoms with van der Waals surface area (Å²) in [5.74, 6) is -1.48. The van der Waals surface area contributed by atoms with E-state index in [0.717, 1.165) is 16.5 Å². The lowest BCUT2D eigenvalue weighted by Gasteiger charge is -2.33. The predicted octanol–water partition coefficient (Wildman–Crippen LogP) is 3.79. The average molecular weight is 401 g/mol. The third-order valence-electron chi connectivity index (χ3n) is 5.02. The number of halogens is 2. The lowest BCUT2D eigenvalue weighted by atomic mass is 9.89. The Morgan fingerprint density at radius 3 is 2.96 bits per heavy atom. The molecular formula is C21H18ClFN2O3. The van der Waals surface area contributed by atoms with Crippen molar-refractivity contribution in [3.8, 4) is 0 Å². The molecule has 2 heterocycles. The number of nitrogens with one attached hydrogen (secondary N) is 2. The number of cyclic esters (lactones) is 1. The van der Waals surface area contributed by atoms with Crippen molar-refractivity contribution < 1.29 is 18.7 Å². The van der Waals surface area contributed by atoms with Gasteiger partial charge in [0.2, 0.25) is 0 Å². The topological polar surface area (TPSA) is 71.2 Å². The molecule has 1 amide bonds. The quantitative estimate of drug-likeness (QED) is 0.654. The van der Waals surface area contributed by atoms with Gasteiger partial charge in [-0.05, 0) is 60.9 Å². The lowest BCUT2D eigenvalue weighted by Crippen LogP contribution is -2.52. The number of hydrogen-bond acceptors (Lipinski definition) is 3. The average Bonchev–Trinajstić information content (AvgIpc) is 3.03. The number of aromatic nitrogens is 1. The largest absolute Gasteiger partial charge is 0.445 e. The van der Waals surface area contributed by atoms with E-state index in [1.54, 1.807) is 6.92 Å². The zero-order valence-corrected chi connectivity index (χ0v) is 15.9. The van der Waals surface area contributed by atoms with Gasteiger partial charge in [-0.25, -0.2) is 9.18 Å². The van der Waals surface area contributed by atoms with Crippen LogP contribution in [-0.4, -0.2) is 29.0 Å². The van der Waals surface area contributed by atoms with E-state index in [0.29, 0.717) is 29.1 Å². The third-order valence-corrected chi connectivity index (χ3v) is 5.26. The van der Waals surface area contributed by atoms with E-state index in [1.807, 2.05) is 24.4 Å². The van der Waals surface area contributed by atoms with Crippen molar-refractivity contribution in [1.29, 1.82) is 0 Å². The first kappa shape index (κ1) is 18.5. The molecule has 1 aliphatic rings. The van der Waals surface area contributed by atoms with Gasteiger partial charge in [-0.3, -0.25) is 4.79 Å². The van der Waals surface area contributed by atoms with Crippen LogP contribution in [0.15, 0.2) is 42.6 Å². The zero-order valence-electron chi connectivity index (χ0n) is 15.1. The number of amides is 1. The van der Waals surface area contributed by atoms with Crippen molar-refractivity contribution in [1.82, 2.24) is 10.3 Å². The Kier molecular flexibility index (Phi) is 4.59. The molecule has 0 fully saturated rings. The first-order valence-corrected chi connectivity index (χ1v) is 9.29. The Morgan fingerprint density at radius 1 is 1.32 bits per heavy atom. The fourth-order valence-corrected chi connectivity index (χ4v) is 3.72. The maximum atomic E-state index is 13.5. The second kappa shape index (κ2) is 6.95. The van der Waals surface area contributed by atoms with E-state index in [9.17, 15) is 14.0 Å². The van der Waals surface area contributed by atoms with Crippen molar-refractivity contribution in [3.05, 3.63) is 70.1 Å². The number of aromatic amines is 1. The fraction of sp³-hybridized carbons (Fsp3) is 0.238. The molecule has 0 aliphatic carbocycles. The molecule has 3 aromatic rings. The summed E-state index contributed by atoms with van der Waals surface area (Å²) >= 11 is 6.06. The highest BCUT2D eigenvalue weighted by Gasteiger charge is 2.42. The summed E-state index contributed by atoms with van der Waals surface area (Å²) in [4.78, 5) is 28.1. The molecule has 2 aromatic carbocycles. The monoisotopic (exact) mass is 400 g/mol. The first-order chi connectivity index (χ1) is 13.4. The molecule has 0 saturated heterocycles. The number of carbonyl (C=O) groups is 2. The summed E-state index contributed by atoms with van der Waals surface area (Å²) < 4.78 is 18.9. The molecule has 0 radical (unpaired) electrons. The lowest BCUT2D eigenvalue weighted by molar-refractivity contribution is -0.139. The van der Waals surface area contributed by atoms with Crippen molar-refractivity contribution >= 4 is 34.4 Å². The number of benzene rings is 2. The highest BCUT2D eigenvalue weighted by molar-refractivity contribution is 6.31. The molecule has 28 heavy (non-hydrogen) atoms. The second-order valence-corrected chi connectivity index (χ2v) is 7.54. The Bertz CT molecular complexity index is 1090. The van der Waals surface area contributed by atoms with E-state index in [4.69, 9.17) is 16.3 Å². The Balaban J connectivity index is 1.45. The van der Waals surface area contributed by atoms with Gasteiger partial charge in [0.05, 0.1) is 5.56 Å². The maximum absolute atomic E-state index is 13.5. The smallest absolute Gasteiger partial charge is 0.339 e. The van der Waals surface area contributed by atoms with Gasteiger partial charge in [0.15, 0.2) is 5.60 Å². The molecule has 0 spiro atoms. The van der Waals surface area contributed by atoms with Gasteiger partial charge >= 0.3 is 5.97 Å². The summed E-state index contributed by atoms with van der Waals surface area (Å²) in [5, 5.41) is 4.46. The van der Waals surface area contributed by atoms with E-state index in [2.05, 4.69) is 10.3 Å². The van der Waals surface area contributed by atoms with Crippen LogP contribution in [0.4, 0.5) is 4.39 Å². The Labute approximate surface area is 165 Å². The molecule has 2 N–H and O–H groups in total. The van der Waals surface area contributed by atoms with Crippen molar-refractivity contribution in [2.45, 2.75) is 25.4 Å². The number of fused-ring (bicyclic) bond motifs is 2. The van der Waals surface area contributed by atoms with E-state index in [-0.39, 0.29) is 6.42 Å². The molecule has 1 aliphatic heterocycles. The Hall–Kier alpha value is -2.86. The van der Waals surface area contributed by atoms with E-state index >= 15 is 0 Å². The van der Waals surface area contributed by atoms with Crippen LogP contribution in [-0.2, 0) is 22.4 Å². The highest BCUT2D eigenvalue weighted by atomic mass is 35.5. The third kappa shape index (κ3) is 3.36. The number of H-pyrrole nitrogens is 1. The van der Waals surface area contributed by atoms with Crippen molar-refractivity contribution in [2.24, 2.45) is 0 Å². The van der Waals surface area contributed by atoms with Gasteiger partial charge < -0.3 is 15.0 Å². The maximum Gasteiger partial charge on any atom is 0.339 e. The standard InChI is InChI=1S/C21H18ClFN2O3/c1-21(10-13-8-15(23)3-4-16(13)19(26)28-21)20(27)24-7-6-12-11-25-18-5-2-14(22)9-17(12)18/h2-5,8-9,11,25H,6-7,10H2,1H3,(H,24,27). The van der Waals surface area contributed by atoms with Gasteiger partial charge in [0, 0.05) is 35.1 Å². The molecule has 144 valence electrons. The highest BCUT2D eigenvalue weighted by Crippen LogP contribution is 2.29. The van der Waals surface area contributed by atoms with Crippen LogP contribution >= 0.6 is 11.6 Å². The molecule has 1 atom stereocenters. The summed E-state index contributed by atoms with van der Waals surface area (Å²) in [6.07, 6.45) is 2.59. The van der Waals surface area contributed by atoms with Crippen LogP contribution in [0, 0.1) is 5.82 Å². The number of hydrogen-bond donors (Lipinski definition) is 2. The number of ether oxygens (including phenoxy) is 1. The summed E-state index contributed by atoms with van der Waals surface area (Å²) in [7, 11) is 0. The number of rotatable bonds is 4. The molecule has 1 unspecified atom stereocenters. The van der Waals surface area contributed by atoms with Gasteiger partial charge in [-0.15, -0.1) is 0 Å². The minimum Gasteiger partial charge on any atom is -0.445 e. The normalized spacial score (nSPS) is 18.6. The SMILES string of the molecule is CC1(C(=O)NCCc2c[nH]c3ccc(Cl)cc23)Cc2cc(F)ccc2C(=O)O1. The van der Waals surface area contributed by atoms with Crippen molar-refractivity contribution in [3.63, 3.8) is 0 Å². The molecule has 0 bridgehead atoms. The van der Waals surface area contributed by atoms with Crippen LogP contribution in [0.25, 0.3) is 10.9 Å².